The molecule has 102 valence electrons. The molecular formula is C14H17NO4. The SMILES string of the molecule is CCOC(Cc1ccccc1)C(=O)ON1CCC1=O. The van der Waals surface area contributed by atoms with E-state index in [1.54, 1.807) is 0 Å². The summed E-state index contributed by atoms with van der Waals surface area (Å²) in [6.07, 6.45) is 0.196. The van der Waals surface area contributed by atoms with E-state index in [-0.39, 0.29) is 5.91 Å². The molecule has 1 aromatic carbocycles. The zero-order valence-electron chi connectivity index (χ0n) is 10.9. The minimum absolute atomic E-state index is 0.164. The number of ether oxygens (including phenoxy) is 1. The molecule has 1 aliphatic heterocycles. The molecule has 1 aliphatic rings. The van der Waals surface area contributed by atoms with Crippen LogP contribution in [0.4, 0.5) is 0 Å². The molecule has 19 heavy (non-hydrogen) atoms. The Hall–Kier alpha value is -1.88. The Morgan fingerprint density at radius 2 is 2.11 bits per heavy atom. The van der Waals surface area contributed by atoms with E-state index in [0.29, 0.717) is 26.0 Å². The highest BCUT2D eigenvalue weighted by atomic mass is 16.7. The van der Waals surface area contributed by atoms with E-state index >= 15 is 0 Å². The van der Waals surface area contributed by atoms with Crippen LogP contribution in [0.1, 0.15) is 18.9 Å². The van der Waals surface area contributed by atoms with E-state index in [1.807, 2.05) is 37.3 Å². The average molecular weight is 263 g/mol. The van der Waals surface area contributed by atoms with Gasteiger partial charge in [-0.15, -0.1) is 0 Å². The predicted molar refractivity (Wildman–Crippen MR) is 68.0 cm³/mol. The van der Waals surface area contributed by atoms with E-state index in [1.165, 1.54) is 0 Å². The van der Waals surface area contributed by atoms with Crippen LogP contribution in [0.25, 0.3) is 0 Å². The van der Waals surface area contributed by atoms with Crippen LogP contribution in [-0.2, 0) is 25.6 Å². The second kappa shape index (κ2) is 6.33. The number of carbonyl (C=O) groups excluding carboxylic acids is 2. The minimum Gasteiger partial charge on any atom is -0.366 e. The first-order valence-corrected chi connectivity index (χ1v) is 6.38. The number of hydroxylamine groups is 2. The Morgan fingerprint density at radius 1 is 1.37 bits per heavy atom. The van der Waals surface area contributed by atoms with E-state index in [2.05, 4.69) is 0 Å². The Bertz CT molecular complexity index is 446. The van der Waals surface area contributed by atoms with Crippen LogP contribution < -0.4 is 0 Å². The summed E-state index contributed by atoms with van der Waals surface area (Å²) in [7, 11) is 0. The maximum atomic E-state index is 11.9. The number of rotatable bonds is 6. The summed E-state index contributed by atoms with van der Waals surface area (Å²) in [6.45, 7) is 2.70. The summed E-state index contributed by atoms with van der Waals surface area (Å²) < 4.78 is 5.40. The summed E-state index contributed by atoms with van der Waals surface area (Å²) in [5.74, 6) is -0.679. The second-order valence-electron chi connectivity index (χ2n) is 4.29. The van der Waals surface area contributed by atoms with Crippen LogP contribution >= 0.6 is 0 Å². The molecule has 5 heteroatoms. The lowest BCUT2D eigenvalue weighted by molar-refractivity contribution is -0.219. The lowest BCUT2D eigenvalue weighted by Gasteiger charge is -2.29. The van der Waals surface area contributed by atoms with Crippen molar-refractivity contribution < 1.29 is 19.2 Å². The Balaban J connectivity index is 1.94. The zero-order valence-corrected chi connectivity index (χ0v) is 10.9. The number of β-lactam (4-membered cyclic amide) rings is 1. The van der Waals surface area contributed by atoms with Crippen molar-refractivity contribution in [1.82, 2.24) is 5.06 Å². The number of nitrogens with zero attached hydrogens (tertiary/aromatic N) is 1. The molecule has 1 unspecified atom stereocenters. The van der Waals surface area contributed by atoms with Gasteiger partial charge >= 0.3 is 5.97 Å². The van der Waals surface area contributed by atoms with Crippen molar-refractivity contribution in [1.29, 1.82) is 0 Å². The van der Waals surface area contributed by atoms with Gasteiger partial charge in [0, 0.05) is 13.0 Å². The van der Waals surface area contributed by atoms with Crippen molar-refractivity contribution >= 4 is 11.9 Å². The summed E-state index contributed by atoms with van der Waals surface area (Å²) >= 11 is 0. The molecule has 0 N–H and O–H groups in total. The fraction of sp³-hybridized carbons (Fsp3) is 0.429. The second-order valence-corrected chi connectivity index (χ2v) is 4.29. The summed E-state index contributed by atoms with van der Waals surface area (Å²) in [5, 5.41) is 1.08. The largest absolute Gasteiger partial charge is 0.366 e. The summed E-state index contributed by atoms with van der Waals surface area (Å²) in [5.41, 5.74) is 0.993. The Labute approximate surface area is 112 Å². The molecule has 5 nitrogen and oxygen atoms in total. The van der Waals surface area contributed by atoms with Gasteiger partial charge in [-0.2, -0.15) is 5.06 Å². The van der Waals surface area contributed by atoms with Crippen LogP contribution in [0.3, 0.4) is 0 Å². The van der Waals surface area contributed by atoms with Gasteiger partial charge in [-0.1, -0.05) is 30.3 Å². The van der Waals surface area contributed by atoms with Gasteiger partial charge < -0.3 is 9.57 Å². The number of amides is 1. The predicted octanol–water partition coefficient (Wildman–Crippen LogP) is 1.32. The normalized spacial score (nSPS) is 15.8. The van der Waals surface area contributed by atoms with E-state index in [0.717, 1.165) is 10.6 Å². The van der Waals surface area contributed by atoms with E-state index in [4.69, 9.17) is 9.57 Å². The van der Waals surface area contributed by atoms with Gasteiger partial charge in [0.15, 0.2) is 6.10 Å². The molecule has 0 bridgehead atoms. The highest BCUT2D eigenvalue weighted by Crippen LogP contribution is 2.13. The zero-order chi connectivity index (χ0) is 13.7. The number of hydrogen-bond acceptors (Lipinski definition) is 4. The first-order chi connectivity index (χ1) is 9.20. The highest BCUT2D eigenvalue weighted by Gasteiger charge is 2.31. The van der Waals surface area contributed by atoms with Crippen molar-refractivity contribution in [2.24, 2.45) is 0 Å². The van der Waals surface area contributed by atoms with Crippen LogP contribution in [0.5, 0.6) is 0 Å². The van der Waals surface area contributed by atoms with Crippen molar-refractivity contribution in [3.8, 4) is 0 Å². The third kappa shape index (κ3) is 3.54. The smallest absolute Gasteiger partial charge is 0.361 e. The Morgan fingerprint density at radius 3 is 2.63 bits per heavy atom. The van der Waals surface area contributed by atoms with Crippen LogP contribution in [0.15, 0.2) is 30.3 Å². The van der Waals surface area contributed by atoms with Crippen molar-refractivity contribution in [2.75, 3.05) is 13.2 Å². The number of benzene rings is 1. The fourth-order valence-electron chi connectivity index (χ4n) is 1.80. The van der Waals surface area contributed by atoms with Gasteiger partial charge in [-0.3, -0.25) is 4.79 Å². The number of carbonyl (C=O) groups is 2. The number of hydrogen-bond donors (Lipinski definition) is 0. The lowest BCUT2D eigenvalue weighted by Crippen LogP contribution is -2.47. The molecule has 0 saturated carbocycles. The standard InChI is InChI=1S/C14H17NO4/c1-2-18-12(10-11-6-4-3-5-7-11)14(17)19-15-9-8-13(15)16/h3-7,12H,2,8-10H2,1H3. The lowest BCUT2D eigenvalue weighted by atomic mass is 10.1. The molecule has 1 aromatic rings. The van der Waals surface area contributed by atoms with Gasteiger partial charge in [0.2, 0.25) is 0 Å². The van der Waals surface area contributed by atoms with Gasteiger partial charge in [0.25, 0.3) is 5.91 Å². The molecule has 0 radical (unpaired) electrons. The monoisotopic (exact) mass is 263 g/mol. The molecule has 0 spiro atoms. The molecule has 0 aliphatic carbocycles. The van der Waals surface area contributed by atoms with Gasteiger partial charge in [0.1, 0.15) is 0 Å². The summed E-state index contributed by atoms with van der Waals surface area (Å²) in [4.78, 5) is 28.1. The molecule has 1 fully saturated rings. The topological polar surface area (TPSA) is 55.8 Å². The van der Waals surface area contributed by atoms with Gasteiger partial charge in [0.05, 0.1) is 13.0 Å². The quantitative estimate of drug-likeness (QED) is 0.726. The molecular weight excluding hydrogens is 246 g/mol. The third-order valence-electron chi connectivity index (χ3n) is 2.90. The summed E-state index contributed by atoms with van der Waals surface area (Å²) in [6, 6.07) is 9.57. The van der Waals surface area contributed by atoms with Crippen LogP contribution in [0.2, 0.25) is 0 Å². The Kier molecular flexibility index (Phi) is 4.52. The van der Waals surface area contributed by atoms with Crippen molar-refractivity contribution in [2.45, 2.75) is 25.9 Å². The van der Waals surface area contributed by atoms with Crippen LogP contribution in [-0.4, -0.2) is 36.2 Å². The van der Waals surface area contributed by atoms with Crippen molar-refractivity contribution in [3.63, 3.8) is 0 Å². The molecule has 1 amide bonds. The maximum absolute atomic E-state index is 11.9. The van der Waals surface area contributed by atoms with E-state index in [9.17, 15) is 9.59 Å². The molecule has 2 rings (SSSR count). The highest BCUT2D eigenvalue weighted by molar-refractivity contribution is 5.83. The minimum atomic E-state index is -0.680. The average Bonchev–Trinajstić information content (AvgIpc) is 2.43. The first-order valence-electron chi connectivity index (χ1n) is 6.38. The first kappa shape index (κ1) is 13.5. The molecule has 1 saturated heterocycles. The fourth-order valence-corrected chi connectivity index (χ4v) is 1.80. The van der Waals surface area contributed by atoms with Gasteiger partial charge in [-0.05, 0) is 12.5 Å². The maximum Gasteiger partial charge on any atom is 0.361 e. The molecule has 0 aromatic heterocycles. The van der Waals surface area contributed by atoms with Crippen molar-refractivity contribution in [3.05, 3.63) is 35.9 Å². The molecule has 1 heterocycles. The van der Waals surface area contributed by atoms with Gasteiger partial charge in [-0.25, -0.2) is 4.79 Å². The van der Waals surface area contributed by atoms with Crippen LogP contribution in [0, 0.1) is 0 Å². The third-order valence-corrected chi connectivity index (χ3v) is 2.90. The van der Waals surface area contributed by atoms with E-state index < -0.39 is 12.1 Å². The molecule has 1 atom stereocenters.